The Hall–Kier alpha value is -9.72. The molecule has 0 saturated carbocycles. The maximum absolute atomic E-state index is 13.7. The zero-order valence-electron chi connectivity index (χ0n) is 51.7. The number of ether oxygens (including phenoxy) is 3. The van der Waals surface area contributed by atoms with Gasteiger partial charge in [-0.1, -0.05) is 38.1 Å². The molecule has 0 spiro atoms. The molecule has 6 amide bonds. The lowest BCUT2D eigenvalue weighted by molar-refractivity contribution is -0.132. The van der Waals surface area contributed by atoms with Crippen LogP contribution in [-0.2, 0) is 27.2 Å². The Bertz CT molecular complexity index is 3650. The fourth-order valence-corrected chi connectivity index (χ4v) is 11.7. The number of piperazine rings is 1. The predicted octanol–water partition coefficient (Wildman–Crippen LogP) is 7.40. The summed E-state index contributed by atoms with van der Waals surface area (Å²) in [6.45, 7) is 17.5. The molecule has 0 atom stereocenters. The van der Waals surface area contributed by atoms with Crippen molar-refractivity contribution in [1.82, 2.24) is 54.6 Å². The summed E-state index contributed by atoms with van der Waals surface area (Å²) in [5.74, 6) is 1.60. The summed E-state index contributed by atoms with van der Waals surface area (Å²) in [5.41, 5.74) is 5.75. The molecule has 2 aromatic heterocycles. The molecule has 6 heterocycles. The highest BCUT2D eigenvalue weighted by molar-refractivity contribution is 6.01. The van der Waals surface area contributed by atoms with E-state index in [4.69, 9.17) is 29.2 Å². The molecule has 4 saturated heterocycles. The van der Waals surface area contributed by atoms with Crippen LogP contribution < -0.4 is 30.5 Å². The second-order valence-corrected chi connectivity index (χ2v) is 23.1. The number of phenolic OH excluding ortho intramolecular Hbond substituents is 2. The average molecular weight is 1240 g/mol. The van der Waals surface area contributed by atoms with Crippen molar-refractivity contribution >= 4 is 53.1 Å². The molecule has 0 bridgehead atoms. The fourth-order valence-electron chi connectivity index (χ4n) is 11.7. The van der Waals surface area contributed by atoms with Gasteiger partial charge in [-0.05, 0) is 128 Å². The van der Waals surface area contributed by atoms with Gasteiger partial charge >= 0.3 is 12.1 Å². The molecule has 0 aliphatic carbocycles. The molecular formula is C66H77N15O10. The van der Waals surface area contributed by atoms with Crippen molar-refractivity contribution in [1.29, 1.82) is 0 Å². The molecule has 11 rings (SSSR count). The number of nitrogens with zero attached hydrogens (tertiary/aromatic N) is 12. The van der Waals surface area contributed by atoms with Crippen LogP contribution in [0, 0.1) is 0 Å². The summed E-state index contributed by atoms with van der Waals surface area (Å²) >= 11 is 0. The maximum Gasteiger partial charge on any atom is 0.415 e. The van der Waals surface area contributed by atoms with E-state index in [1.807, 2.05) is 69.0 Å². The van der Waals surface area contributed by atoms with Gasteiger partial charge in [0.25, 0.3) is 11.8 Å². The Morgan fingerprint density at radius 1 is 0.659 bits per heavy atom. The third kappa shape index (κ3) is 15.1. The molecular weight excluding hydrogens is 1160 g/mol. The number of carbonyl (C=O) groups excluding carboxylic acids is 5. The minimum atomic E-state index is -0.479. The highest BCUT2D eigenvalue weighted by Crippen LogP contribution is 2.38. The first-order valence-corrected chi connectivity index (χ1v) is 31.1. The van der Waals surface area contributed by atoms with Crippen molar-refractivity contribution in [3.8, 4) is 45.7 Å². The zero-order valence-corrected chi connectivity index (χ0v) is 51.7. The Kier molecular flexibility index (Phi) is 19.9. The number of anilines is 4. The van der Waals surface area contributed by atoms with Gasteiger partial charge in [0.05, 0.1) is 38.4 Å². The molecule has 25 nitrogen and oxygen atoms in total. The molecule has 0 radical (unpaired) electrons. The van der Waals surface area contributed by atoms with Crippen LogP contribution in [0.3, 0.4) is 0 Å². The van der Waals surface area contributed by atoms with Crippen LogP contribution in [0.2, 0.25) is 0 Å². The van der Waals surface area contributed by atoms with Gasteiger partial charge in [-0.2, -0.15) is 15.0 Å². The van der Waals surface area contributed by atoms with Gasteiger partial charge in [0.1, 0.15) is 17.2 Å². The van der Waals surface area contributed by atoms with Crippen molar-refractivity contribution in [2.75, 3.05) is 125 Å². The second-order valence-electron chi connectivity index (χ2n) is 23.1. The summed E-state index contributed by atoms with van der Waals surface area (Å²) in [7, 11) is 0. The number of likely N-dealkylation sites (tertiary alicyclic amines) is 1. The highest BCUT2D eigenvalue weighted by atomic mass is 16.6. The molecule has 5 N–H and O–H groups in total. The van der Waals surface area contributed by atoms with E-state index in [1.54, 1.807) is 81.1 Å². The molecule has 4 aliphatic heterocycles. The summed E-state index contributed by atoms with van der Waals surface area (Å²) in [4.78, 5) is 93.3. The maximum atomic E-state index is 13.7. The predicted molar refractivity (Wildman–Crippen MR) is 342 cm³/mol. The van der Waals surface area contributed by atoms with Crippen molar-refractivity contribution in [3.63, 3.8) is 0 Å². The van der Waals surface area contributed by atoms with Crippen molar-refractivity contribution in [2.24, 2.45) is 0 Å². The minimum Gasteiger partial charge on any atom is -0.508 e. The number of phenols is 2. The number of morpholine rings is 2. The molecule has 91 heavy (non-hydrogen) atoms. The van der Waals surface area contributed by atoms with E-state index in [0.717, 1.165) is 16.7 Å². The number of benzene rings is 5. The van der Waals surface area contributed by atoms with Crippen LogP contribution in [0.1, 0.15) is 84.1 Å². The lowest BCUT2D eigenvalue weighted by atomic mass is 9.98. The first-order chi connectivity index (χ1) is 44.2. The van der Waals surface area contributed by atoms with Crippen molar-refractivity contribution in [3.05, 3.63) is 137 Å². The summed E-state index contributed by atoms with van der Waals surface area (Å²) < 4.78 is 18.6. The summed E-state index contributed by atoms with van der Waals surface area (Å²) in [5, 5.41) is 38.5. The Labute approximate surface area is 527 Å². The average Bonchev–Trinajstić information content (AvgIpc) is 1.81. The first kappa shape index (κ1) is 62.9. The fraction of sp³-hybridized carbons (Fsp3) is 0.394. The van der Waals surface area contributed by atoms with Crippen molar-refractivity contribution < 1.29 is 48.4 Å². The number of nitrogens with one attached hydrogen (secondary N) is 3. The van der Waals surface area contributed by atoms with Crippen molar-refractivity contribution in [2.45, 2.75) is 65.5 Å². The van der Waals surface area contributed by atoms with Gasteiger partial charge in [-0.15, -0.1) is 10.2 Å². The van der Waals surface area contributed by atoms with Crippen LogP contribution in [0.4, 0.5) is 32.9 Å². The number of amides is 6. The van der Waals surface area contributed by atoms with E-state index in [-0.39, 0.29) is 53.3 Å². The lowest BCUT2D eigenvalue weighted by Gasteiger charge is -2.37. The van der Waals surface area contributed by atoms with Gasteiger partial charge in [0.2, 0.25) is 23.6 Å². The largest absolute Gasteiger partial charge is 0.508 e. The quantitative estimate of drug-likeness (QED) is 0.0559. The first-order valence-electron chi connectivity index (χ1n) is 31.1. The van der Waals surface area contributed by atoms with Gasteiger partial charge in [-0.25, -0.2) is 9.59 Å². The third-order valence-electron chi connectivity index (χ3n) is 16.8. The summed E-state index contributed by atoms with van der Waals surface area (Å²) in [6.07, 6.45) is 0.867. The van der Waals surface area contributed by atoms with Gasteiger partial charge in [0.15, 0.2) is 11.6 Å². The number of aromatic hydroxyl groups is 2. The Morgan fingerprint density at radius 2 is 1.25 bits per heavy atom. The van der Waals surface area contributed by atoms with E-state index in [9.17, 15) is 34.2 Å². The number of rotatable bonds is 18. The number of carbonyl (C=O) groups is 5. The van der Waals surface area contributed by atoms with Crippen LogP contribution in [0.5, 0.6) is 17.2 Å². The molecule has 5 aromatic carbocycles. The molecule has 4 aliphatic rings. The van der Waals surface area contributed by atoms with Gasteiger partial charge in [-0.3, -0.25) is 23.9 Å². The number of urea groups is 1. The van der Waals surface area contributed by atoms with Gasteiger partial charge in [0, 0.05) is 125 Å². The third-order valence-corrected chi connectivity index (χ3v) is 16.8. The van der Waals surface area contributed by atoms with Crippen LogP contribution in [0.15, 0.2) is 109 Å². The topological polar surface area (TPSA) is 278 Å². The summed E-state index contributed by atoms with van der Waals surface area (Å²) in [6, 6.07) is 31.2. The zero-order chi connectivity index (χ0) is 63.5. The van der Waals surface area contributed by atoms with E-state index in [0.29, 0.717) is 182 Å². The van der Waals surface area contributed by atoms with E-state index in [2.05, 4.69) is 40.8 Å². The molecule has 476 valence electrons. The standard InChI is InChI=1S/C66H77N15O10/c1-5-67-61(85)60-74-73-59(54-40-53(43(3)4)55(82)41-56(54)83)81(60)51-19-7-45(8-20-51)42-75-27-29-76(30-28-75)57(84)39-44-9-21-52(22-10-44)91-66(88)80(6-2)50-23-25-77(26-24-50)62(86)47-13-17-49(18-14-47)69-65(87)68-48-15-11-46(12-16-48)58-70-63(78-31-35-89-36-32-78)72-64(71-58)79-33-37-90-38-34-79/h7-22,40-41,43,50,82-83H,5-6,23-39,42H2,1-4H3,(H,67,85)(H2,68,69,87). The highest BCUT2D eigenvalue weighted by Gasteiger charge is 2.32. The number of hydrogen-bond donors (Lipinski definition) is 5. The molecule has 25 heteroatoms. The van der Waals surface area contributed by atoms with Crippen LogP contribution in [0.25, 0.3) is 28.5 Å². The van der Waals surface area contributed by atoms with Gasteiger partial charge < -0.3 is 64.9 Å². The smallest absolute Gasteiger partial charge is 0.415 e. The minimum absolute atomic E-state index is 0.00732. The SMILES string of the molecule is CCNC(=O)c1nnc(-c2cc(C(C)C)c(O)cc2O)n1-c1ccc(CN2CCN(C(=O)Cc3ccc(OC(=O)N(CC)C4CCN(C(=O)c5ccc(NC(=O)Nc6ccc(-c7nc(N8CCOCC8)nc(N8CCOCC8)n7)cc6)cc5)CC4)cc3)CC2)cc1. The normalized spacial score (nSPS) is 15.7. The van der Waals surface area contributed by atoms with E-state index in [1.165, 1.54) is 6.07 Å². The molecule has 7 aromatic rings. The number of hydrogen-bond acceptors (Lipinski definition) is 18. The Morgan fingerprint density at radius 3 is 1.84 bits per heavy atom. The number of aromatic nitrogens is 6. The lowest BCUT2D eigenvalue weighted by Crippen LogP contribution is -2.49. The molecule has 4 fully saturated rings. The van der Waals surface area contributed by atoms with Crippen LogP contribution >= 0.6 is 0 Å². The van der Waals surface area contributed by atoms with E-state index >= 15 is 0 Å². The van der Waals surface area contributed by atoms with Crippen LogP contribution in [-0.4, -0.2) is 200 Å². The Balaban J connectivity index is 0.607. The second kappa shape index (κ2) is 28.8. The monoisotopic (exact) mass is 1240 g/mol. The number of piperidine rings is 1. The molecule has 0 unspecified atom stereocenters. The van der Waals surface area contributed by atoms with E-state index < -0.39 is 18.0 Å².